The molecule has 9 heteroatoms. The van der Waals surface area contributed by atoms with E-state index in [1.54, 1.807) is 19.9 Å². The Balaban J connectivity index is 2.09. The number of hydrogen-bond donors (Lipinski definition) is 0. The molecule has 2 aromatic carbocycles. The molecular weight excluding hydrogens is 422 g/mol. The van der Waals surface area contributed by atoms with Crippen molar-refractivity contribution in [3.05, 3.63) is 86.6 Å². The first-order valence-corrected chi connectivity index (χ1v) is 9.99. The van der Waals surface area contributed by atoms with E-state index in [1.807, 2.05) is 0 Å². The molecule has 0 radical (unpaired) electrons. The van der Waals surface area contributed by atoms with Gasteiger partial charge in [0.25, 0.3) is 5.69 Å². The maximum Gasteiger partial charge on any atom is 0.336 e. The van der Waals surface area contributed by atoms with Crippen LogP contribution in [0, 0.1) is 21.7 Å². The SMILES string of the molecule is CC1=C(C(=O)OC(C)C)C(c2cccc([N+](=O)[O-])c2)CC(=O)N1Cc1cccc(F)c1F. The van der Waals surface area contributed by atoms with Gasteiger partial charge in [-0.1, -0.05) is 24.3 Å². The zero-order chi connectivity index (χ0) is 23.6. The molecule has 1 heterocycles. The van der Waals surface area contributed by atoms with Crippen molar-refractivity contribution < 1.29 is 28.0 Å². The third-order valence-electron chi connectivity index (χ3n) is 5.23. The molecule has 0 saturated heterocycles. The smallest absolute Gasteiger partial charge is 0.336 e. The lowest BCUT2D eigenvalue weighted by molar-refractivity contribution is -0.384. The molecule has 1 unspecified atom stereocenters. The largest absolute Gasteiger partial charge is 0.460 e. The number of nitro benzene ring substituents is 1. The minimum absolute atomic E-state index is 0.0388. The number of rotatable bonds is 6. The first kappa shape index (κ1) is 23.1. The van der Waals surface area contributed by atoms with Gasteiger partial charge in [0.15, 0.2) is 11.6 Å². The van der Waals surface area contributed by atoms with Gasteiger partial charge in [0.1, 0.15) is 0 Å². The summed E-state index contributed by atoms with van der Waals surface area (Å²) >= 11 is 0. The van der Waals surface area contributed by atoms with Crippen molar-refractivity contribution in [1.29, 1.82) is 0 Å². The fourth-order valence-corrected chi connectivity index (χ4v) is 3.73. The number of halogens is 2. The first-order valence-electron chi connectivity index (χ1n) is 9.99. The van der Waals surface area contributed by atoms with Gasteiger partial charge in [-0.25, -0.2) is 13.6 Å². The van der Waals surface area contributed by atoms with Crippen molar-refractivity contribution in [1.82, 2.24) is 4.90 Å². The predicted molar refractivity (Wildman–Crippen MR) is 111 cm³/mol. The molecule has 0 spiro atoms. The number of nitro groups is 1. The van der Waals surface area contributed by atoms with Crippen molar-refractivity contribution in [3.8, 4) is 0 Å². The van der Waals surface area contributed by atoms with Gasteiger partial charge in [0.2, 0.25) is 5.91 Å². The average molecular weight is 444 g/mol. The van der Waals surface area contributed by atoms with Crippen LogP contribution in [-0.2, 0) is 20.9 Å². The van der Waals surface area contributed by atoms with Crippen LogP contribution in [-0.4, -0.2) is 27.8 Å². The summed E-state index contributed by atoms with van der Waals surface area (Å²) in [4.78, 5) is 37.8. The van der Waals surface area contributed by atoms with Gasteiger partial charge in [0.05, 0.1) is 23.1 Å². The number of ether oxygens (including phenoxy) is 1. The number of nitrogens with zero attached hydrogens (tertiary/aromatic N) is 2. The zero-order valence-corrected chi connectivity index (χ0v) is 17.8. The van der Waals surface area contributed by atoms with Gasteiger partial charge < -0.3 is 9.64 Å². The molecular formula is C23H22F2N2O5. The highest BCUT2D eigenvalue weighted by Gasteiger charge is 2.38. The molecule has 0 bridgehead atoms. The molecule has 0 fully saturated rings. The van der Waals surface area contributed by atoms with E-state index in [2.05, 4.69) is 0 Å². The summed E-state index contributed by atoms with van der Waals surface area (Å²) in [5, 5.41) is 11.2. The van der Waals surface area contributed by atoms with Crippen LogP contribution in [0.3, 0.4) is 0 Å². The third-order valence-corrected chi connectivity index (χ3v) is 5.23. The zero-order valence-electron chi connectivity index (χ0n) is 17.8. The molecule has 3 rings (SSSR count). The standard InChI is InChI=1S/C23H22F2N2O5/c1-13(2)32-23(29)21-14(3)26(12-16-7-5-9-19(24)22(16)25)20(28)11-18(21)15-6-4-8-17(10-15)27(30)31/h4-10,13,18H,11-12H2,1-3H3. The molecule has 0 N–H and O–H groups in total. The van der Waals surface area contributed by atoms with Gasteiger partial charge in [-0.3, -0.25) is 14.9 Å². The highest BCUT2D eigenvalue weighted by Crippen LogP contribution is 2.39. The number of benzene rings is 2. The molecule has 0 saturated carbocycles. The molecule has 2 aromatic rings. The van der Waals surface area contributed by atoms with Gasteiger partial charge in [-0.05, 0) is 32.4 Å². The number of non-ortho nitro benzene ring substituents is 1. The topological polar surface area (TPSA) is 89.7 Å². The van der Waals surface area contributed by atoms with Crippen LogP contribution in [0.25, 0.3) is 0 Å². The van der Waals surface area contributed by atoms with Crippen LogP contribution in [0.4, 0.5) is 14.5 Å². The van der Waals surface area contributed by atoms with E-state index >= 15 is 0 Å². The normalized spacial score (nSPS) is 16.5. The summed E-state index contributed by atoms with van der Waals surface area (Å²) in [6.07, 6.45) is -0.627. The number of hydrogen-bond acceptors (Lipinski definition) is 5. The van der Waals surface area contributed by atoms with E-state index in [1.165, 1.54) is 42.2 Å². The second-order valence-electron chi connectivity index (χ2n) is 7.75. The van der Waals surface area contributed by atoms with Crippen LogP contribution in [0.1, 0.15) is 44.2 Å². The van der Waals surface area contributed by atoms with Crippen LogP contribution in [0.5, 0.6) is 0 Å². The van der Waals surface area contributed by atoms with E-state index in [4.69, 9.17) is 4.74 Å². The van der Waals surface area contributed by atoms with Crippen LogP contribution in [0.15, 0.2) is 53.7 Å². The molecule has 0 aromatic heterocycles. The minimum Gasteiger partial charge on any atom is -0.460 e. The molecule has 1 amide bonds. The fraction of sp³-hybridized carbons (Fsp3) is 0.304. The summed E-state index contributed by atoms with van der Waals surface area (Å²) in [5.74, 6) is -3.99. The molecule has 7 nitrogen and oxygen atoms in total. The quantitative estimate of drug-likeness (QED) is 0.369. The van der Waals surface area contributed by atoms with Crippen molar-refractivity contribution in [2.24, 2.45) is 0 Å². The lowest BCUT2D eigenvalue weighted by atomic mass is 9.83. The summed E-state index contributed by atoms with van der Waals surface area (Å²) in [6.45, 7) is 4.60. The maximum absolute atomic E-state index is 14.2. The number of esters is 1. The molecule has 1 aliphatic rings. The van der Waals surface area contributed by atoms with E-state index < -0.39 is 40.5 Å². The fourth-order valence-electron chi connectivity index (χ4n) is 3.73. The van der Waals surface area contributed by atoms with Gasteiger partial charge in [0, 0.05) is 35.7 Å². The maximum atomic E-state index is 14.2. The van der Waals surface area contributed by atoms with Crippen molar-refractivity contribution in [2.75, 3.05) is 0 Å². The Kier molecular flexibility index (Phi) is 6.67. The third kappa shape index (κ3) is 4.66. The molecule has 1 aliphatic heterocycles. The lowest BCUT2D eigenvalue weighted by Crippen LogP contribution is -2.38. The van der Waals surface area contributed by atoms with E-state index in [9.17, 15) is 28.5 Å². The van der Waals surface area contributed by atoms with Crippen molar-refractivity contribution in [3.63, 3.8) is 0 Å². The summed E-state index contributed by atoms with van der Waals surface area (Å²) < 4.78 is 33.2. The Hall–Kier alpha value is -3.62. The summed E-state index contributed by atoms with van der Waals surface area (Å²) in [6, 6.07) is 9.38. The van der Waals surface area contributed by atoms with Gasteiger partial charge in [-0.15, -0.1) is 0 Å². The summed E-state index contributed by atoms with van der Waals surface area (Å²) in [7, 11) is 0. The minimum atomic E-state index is -1.07. The highest BCUT2D eigenvalue weighted by atomic mass is 19.2. The predicted octanol–water partition coefficient (Wildman–Crippen LogP) is 4.61. The van der Waals surface area contributed by atoms with E-state index in [0.29, 0.717) is 5.56 Å². The lowest BCUT2D eigenvalue weighted by Gasteiger charge is -2.34. The molecule has 1 atom stereocenters. The van der Waals surface area contributed by atoms with Gasteiger partial charge >= 0.3 is 5.97 Å². The van der Waals surface area contributed by atoms with E-state index in [-0.39, 0.29) is 35.5 Å². The monoisotopic (exact) mass is 444 g/mol. The van der Waals surface area contributed by atoms with Gasteiger partial charge in [-0.2, -0.15) is 0 Å². The Morgan fingerprint density at radius 3 is 2.59 bits per heavy atom. The average Bonchev–Trinajstić information content (AvgIpc) is 2.73. The first-order chi connectivity index (χ1) is 15.1. The van der Waals surface area contributed by atoms with Crippen LogP contribution < -0.4 is 0 Å². The van der Waals surface area contributed by atoms with Crippen molar-refractivity contribution >= 4 is 17.6 Å². The Morgan fingerprint density at radius 2 is 1.94 bits per heavy atom. The van der Waals surface area contributed by atoms with Crippen LogP contribution in [0.2, 0.25) is 0 Å². The second-order valence-corrected chi connectivity index (χ2v) is 7.75. The van der Waals surface area contributed by atoms with E-state index in [0.717, 1.165) is 6.07 Å². The number of allylic oxidation sites excluding steroid dienone is 1. The second kappa shape index (κ2) is 9.25. The number of carbonyl (C=O) groups is 2. The highest BCUT2D eigenvalue weighted by molar-refractivity contribution is 5.96. The van der Waals surface area contributed by atoms with Crippen LogP contribution >= 0.6 is 0 Å². The van der Waals surface area contributed by atoms with Crippen molar-refractivity contribution in [2.45, 2.75) is 45.8 Å². The Morgan fingerprint density at radius 1 is 1.25 bits per heavy atom. The molecule has 0 aliphatic carbocycles. The summed E-state index contributed by atoms with van der Waals surface area (Å²) in [5.41, 5.74) is 0.582. The Bertz CT molecular complexity index is 1110. The molecule has 168 valence electrons. The Labute approximate surface area is 183 Å². The number of amides is 1. The molecule has 32 heavy (non-hydrogen) atoms. The number of carbonyl (C=O) groups excluding carboxylic acids is 2.